The first-order valence-electron chi connectivity index (χ1n) is 10.8. The number of nitriles is 1. The topological polar surface area (TPSA) is 23.8 Å². The maximum atomic E-state index is 10.1. The normalized spacial score (nSPS) is 10.5. The minimum Gasteiger partial charge on any atom is -0.192 e. The van der Waals surface area contributed by atoms with Gasteiger partial charge in [0.2, 0.25) is 0 Å². The van der Waals surface area contributed by atoms with E-state index < -0.39 is 0 Å². The van der Waals surface area contributed by atoms with Gasteiger partial charge in [-0.25, -0.2) is 0 Å². The Labute approximate surface area is 199 Å². The van der Waals surface area contributed by atoms with Crippen molar-refractivity contribution in [2.24, 2.45) is 0 Å². The second-order valence-corrected chi connectivity index (χ2v) is 8.31. The molecule has 2 heteroatoms. The van der Waals surface area contributed by atoms with Crippen LogP contribution in [0.2, 0.25) is 5.02 Å². The molecule has 0 atom stereocenters. The van der Waals surface area contributed by atoms with Crippen molar-refractivity contribution in [3.8, 4) is 50.6 Å². The minimum atomic E-state index is 0.610. The summed E-state index contributed by atoms with van der Waals surface area (Å²) in [5, 5.41) is 10.7. The average molecular weight is 442 g/mol. The van der Waals surface area contributed by atoms with Crippen LogP contribution >= 0.6 is 11.6 Å². The Hall–Kier alpha value is -4.12. The Kier molecular flexibility index (Phi) is 5.77. The molecule has 0 aromatic heterocycles. The molecule has 0 amide bonds. The molecule has 0 aliphatic heterocycles. The first-order valence-corrected chi connectivity index (χ1v) is 11.2. The molecule has 1 nitrogen and oxygen atoms in total. The summed E-state index contributed by atoms with van der Waals surface area (Å²) in [4.78, 5) is 0. The molecular weight excluding hydrogens is 422 g/mol. The Morgan fingerprint density at radius 2 is 0.788 bits per heavy atom. The van der Waals surface area contributed by atoms with E-state index in [2.05, 4.69) is 78.9 Å². The van der Waals surface area contributed by atoms with E-state index in [9.17, 15) is 5.26 Å². The van der Waals surface area contributed by atoms with E-state index in [1.165, 1.54) is 0 Å². The SMILES string of the molecule is N#Cc1c(-c2ccc(-c3ccccc3)cc2)cc(Cl)cc1-c1ccc(-c2ccccc2)cc1. The van der Waals surface area contributed by atoms with Gasteiger partial charge in [0.05, 0.1) is 5.56 Å². The number of hydrogen-bond acceptors (Lipinski definition) is 1. The first kappa shape index (κ1) is 20.8. The molecule has 0 spiro atoms. The fourth-order valence-corrected chi connectivity index (χ4v) is 4.35. The van der Waals surface area contributed by atoms with Crippen LogP contribution in [0.5, 0.6) is 0 Å². The van der Waals surface area contributed by atoms with Crippen molar-refractivity contribution < 1.29 is 0 Å². The predicted molar refractivity (Wildman–Crippen MR) is 138 cm³/mol. The molecule has 0 N–H and O–H groups in total. The van der Waals surface area contributed by atoms with Gasteiger partial charge in [0, 0.05) is 16.1 Å². The van der Waals surface area contributed by atoms with Crippen molar-refractivity contribution in [1.82, 2.24) is 0 Å². The molecule has 0 fully saturated rings. The highest BCUT2D eigenvalue weighted by Crippen LogP contribution is 2.36. The van der Waals surface area contributed by atoms with Crippen LogP contribution in [0.4, 0.5) is 0 Å². The first-order chi connectivity index (χ1) is 16.2. The van der Waals surface area contributed by atoms with Crippen molar-refractivity contribution in [1.29, 1.82) is 5.26 Å². The highest BCUT2D eigenvalue weighted by Gasteiger charge is 2.14. The van der Waals surface area contributed by atoms with Crippen molar-refractivity contribution in [3.05, 3.63) is 132 Å². The van der Waals surface area contributed by atoms with Gasteiger partial charge in [0.15, 0.2) is 0 Å². The molecule has 5 rings (SSSR count). The molecule has 5 aromatic carbocycles. The van der Waals surface area contributed by atoms with Gasteiger partial charge in [0.25, 0.3) is 0 Å². The lowest BCUT2D eigenvalue weighted by Crippen LogP contribution is -1.91. The Bertz CT molecular complexity index is 1330. The van der Waals surface area contributed by atoms with Crippen LogP contribution in [0.1, 0.15) is 5.56 Å². The molecule has 156 valence electrons. The van der Waals surface area contributed by atoms with Crippen molar-refractivity contribution in [2.45, 2.75) is 0 Å². The third-order valence-electron chi connectivity index (χ3n) is 5.82. The molecule has 5 aromatic rings. The summed E-state index contributed by atoms with van der Waals surface area (Å²) in [5.41, 5.74) is 8.84. The molecule has 0 aliphatic carbocycles. The maximum absolute atomic E-state index is 10.1. The molecular formula is C31H20ClN. The smallest absolute Gasteiger partial charge is 0.100 e. The fourth-order valence-electron chi connectivity index (χ4n) is 4.13. The highest BCUT2D eigenvalue weighted by atomic mass is 35.5. The third kappa shape index (κ3) is 4.30. The number of benzene rings is 5. The molecule has 0 radical (unpaired) electrons. The van der Waals surface area contributed by atoms with Crippen LogP contribution in [0, 0.1) is 11.3 Å². The van der Waals surface area contributed by atoms with Crippen LogP contribution in [0.3, 0.4) is 0 Å². The lowest BCUT2D eigenvalue weighted by Gasteiger charge is -2.13. The molecule has 0 aliphatic rings. The summed E-state index contributed by atoms with van der Waals surface area (Å²) in [6, 6.07) is 43.2. The number of rotatable bonds is 4. The van der Waals surface area contributed by atoms with Gasteiger partial charge in [-0.05, 0) is 45.5 Å². The van der Waals surface area contributed by atoms with Crippen molar-refractivity contribution in [2.75, 3.05) is 0 Å². The lowest BCUT2D eigenvalue weighted by molar-refractivity contribution is 1.47. The van der Waals surface area contributed by atoms with Gasteiger partial charge in [-0.2, -0.15) is 5.26 Å². The minimum absolute atomic E-state index is 0.610. The van der Waals surface area contributed by atoms with E-state index in [4.69, 9.17) is 11.6 Å². The molecule has 33 heavy (non-hydrogen) atoms. The van der Waals surface area contributed by atoms with Gasteiger partial charge in [-0.3, -0.25) is 0 Å². The summed E-state index contributed by atoms with van der Waals surface area (Å²) in [6.07, 6.45) is 0. The summed E-state index contributed by atoms with van der Waals surface area (Å²) in [5.74, 6) is 0. The van der Waals surface area contributed by atoms with Crippen LogP contribution in [0.25, 0.3) is 44.5 Å². The molecule has 0 saturated carbocycles. The largest absolute Gasteiger partial charge is 0.192 e. The highest BCUT2D eigenvalue weighted by molar-refractivity contribution is 6.31. The second kappa shape index (κ2) is 9.17. The predicted octanol–water partition coefficient (Wildman–Crippen LogP) is 8.88. The number of hydrogen-bond donors (Lipinski definition) is 0. The maximum Gasteiger partial charge on any atom is 0.100 e. The van der Waals surface area contributed by atoms with Crippen molar-refractivity contribution in [3.63, 3.8) is 0 Å². The van der Waals surface area contributed by atoms with Gasteiger partial charge in [-0.1, -0.05) is 121 Å². The summed E-state index contributed by atoms with van der Waals surface area (Å²) < 4.78 is 0. The summed E-state index contributed by atoms with van der Waals surface area (Å²) in [7, 11) is 0. The van der Waals surface area contributed by atoms with Crippen LogP contribution in [-0.2, 0) is 0 Å². The van der Waals surface area contributed by atoms with Gasteiger partial charge in [0.1, 0.15) is 6.07 Å². The van der Waals surface area contributed by atoms with E-state index in [1.807, 2.05) is 48.5 Å². The molecule has 0 saturated heterocycles. The van der Waals surface area contributed by atoms with Crippen LogP contribution in [-0.4, -0.2) is 0 Å². The zero-order valence-electron chi connectivity index (χ0n) is 17.9. The van der Waals surface area contributed by atoms with E-state index in [0.29, 0.717) is 10.6 Å². The molecule has 0 heterocycles. The zero-order valence-corrected chi connectivity index (χ0v) is 18.6. The Morgan fingerprint density at radius 1 is 0.455 bits per heavy atom. The number of nitrogens with zero attached hydrogens (tertiary/aromatic N) is 1. The van der Waals surface area contributed by atoms with Gasteiger partial charge < -0.3 is 0 Å². The quantitative estimate of drug-likeness (QED) is 0.273. The Morgan fingerprint density at radius 3 is 1.15 bits per heavy atom. The van der Waals surface area contributed by atoms with Crippen LogP contribution < -0.4 is 0 Å². The molecule has 0 unspecified atom stereocenters. The lowest BCUT2D eigenvalue weighted by atomic mass is 9.91. The van der Waals surface area contributed by atoms with E-state index in [-0.39, 0.29) is 0 Å². The summed E-state index contributed by atoms with van der Waals surface area (Å²) in [6.45, 7) is 0. The Balaban J connectivity index is 1.55. The standard InChI is InChI=1S/C31H20ClN/c32-28-19-29(26-15-11-24(12-16-26)22-7-3-1-4-8-22)31(21-33)30(20-28)27-17-13-25(14-18-27)23-9-5-2-6-10-23/h1-20H. The fraction of sp³-hybridized carbons (Fsp3) is 0. The van der Waals surface area contributed by atoms with Gasteiger partial charge >= 0.3 is 0 Å². The third-order valence-corrected chi connectivity index (χ3v) is 6.04. The van der Waals surface area contributed by atoms with E-state index in [0.717, 1.165) is 44.5 Å². The number of halogens is 1. The van der Waals surface area contributed by atoms with Crippen LogP contribution in [0.15, 0.2) is 121 Å². The monoisotopic (exact) mass is 441 g/mol. The second-order valence-electron chi connectivity index (χ2n) is 7.87. The van der Waals surface area contributed by atoms with Gasteiger partial charge in [-0.15, -0.1) is 0 Å². The summed E-state index contributed by atoms with van der Waals surface area (Å²) >= 11 is 6.52. The van der Waals surface area contributed by atoms with E-state index >= 15 is 0 Å². The average Bonchev–Trinajstić information content (AvgIpc) is 2.89. The zero-order chi connectivity index (χ0) is 22.6. The van der Waals surface area contributed by atoms with E-state index in [1.54, 1.807) is 0 Å². The molecule has 0 bridgehead atoms. The van der Waals surface area contributed by atoms with Crippen molar-refractivity contribution >= 4 is 11.6 Å².